The molecule has 1 N–H and O–H groups in total. The topological polar surface area (TPSA) is 106 Å². The Balaban J connectivity index is 1.88. The number of aliphatic hydroxyl groups is 1. The molecule has 1 aromatic carbocycles. The Morgan fingerprint density at radius 3 is 2.72 bits per heavy atom. The van der Waals surface area contributed by atoms with E-state index in [1.165, 1.54) is 23.6 Å². The van der Waals surface area contributed by atoms with Gasteiger partial charge in [-0.2, -0.15) is 0 Å². The molecular formula is C19H14ClN3O5S. The van der Waals surface area contributed by atoms with Gasteiger partial charge in [0.05, 0.1) is 23.7 Å². The van der Waals surface area contributed by atoms with Crippen LogP contribution in [0.25, 0.3) is 0 Å². The number of furan rings is 1. The highest BCUT2D eigenvalue weighted by Crippen LogP contribution is 2.43. The number of aryl methyl sites for hydroxylation is 1. The molecule has 1 aliphatic heterocycles. The summed E-state index contributed by atoms with van der Waals surface area (Å²) in [6, 6.07) is 7.02. The van der Waals surface area contributed by atoms with Crippen molar-refractivity contribution in [3.8, 4) is 5.75 Å². The number of anilines is 1. The van der Waals surface area contributed by atoms with E-state index >= 15 is 0 Å². The zero-order valence-corrected chi connectivity index (χ0v) is 16.8. The minimum absolute atomic E-state index is 0.0144. The third-order valence-corrected chi connectivity index (χ3v) is 5.45. The van der Waals surface area contributed by atoms with Crippen LogP contribution in [0.4, 0.5) is 5.13 Å². The minimum Gasteiger partial charge on any atom is -0.503 e. The molecule has 0 spiro atoms. The number of ether oxygens (including phenoxy) is 1. The Bertz CT molecular complexity index is 1140. The van der Waals surface area contributed by atoms with E-state index in [1.54, 1.807) is 31.2 Å². The Hall–Kier alpha value is -3.17. The number of hydrogen-bond acceptors (Lipinski definition) is 8. The fraction of sp³-hybridized carbons (Fsp3) is 0.158. The van der Waals surface area contributed by atoms with Crippen LogP contribution < -0.4 is 9.64 Å². The lowest BCUT2D eigenvalue weighted by Crippen LogP contribution is -2.31. The van der Waals surface area contributed by atoms with Crippen LogP contribution in [0.1, 0.15) is 27.9 Å². The van der Waals surface area contributed by atoms with Gasteiger partial charge in [-0.1, -0.05) is 29.0 Å². The highest BCUT2D eigenvalue weighted by atomic mass is 35.5. The summed E-state index contributed by atoms with van der Waals surface area (Å²) in [4.78, 5) is 27.2. The first-order chi connectivity index (χ1) is 13.9. The summed E-state index contributed by atoms with van der Waals surface area (Å²) < 4.78 is 10.6. The highest BCUT2D eigenvalue weighted by Gasteiger charge is 2.46. The molecule has 0 aliphatic carbocycles. The average molecular weight is 432 g/mol. The summed E-state index contributed by atoms with van der Waals surface area (Å²) in [5, 5.41) is 18.8. The molecule has 3 aromatic rings. The van der Waals surface area contributed by atoms with Crippen LogP contribution in [0.2, 0.25) is 5.02 Å². The molecule has 0 saturated carbocycles. The lowest BCUT2D eigenvalue weighted by atomic mass is 9.95. The summed E-state index contributed by atoms with van der Waals surface area (Å²) in [5.74, 6) is -1.05. The standard InChI is InChI=1S/C19H14ClN3O5S/c1-9-3-5-13(28-9)16(24)14-15(10-4-6-12(27-2)11(20)7-10)23(18(26)17(14)25)19-22-21-8-29-19/h3-8,15,25H,1-2H3. The molecule has 3 heterocycles. The zero-order chi connectivity index (χ0) is 20.7. The predicted octanol–water partition coefficient (Wildman–Crippen LogP) is 3.88. The van der Waals surface area contributed by atoms with Crippen LogP contribution in [0.3, 0.4) is 0 Å². The summed E-state index contributed by atoms with van der Waals surface area (Å²) in [6.07, 6.45) is 0. The van der Waals surface area contributed by atoms with E-state index in [0.717, 1.165) is 11.3 Å². The van der Waals surface area contributed by atoms with Crippen LogP contribution in [-0.4, -0.2) is 34.1 Å². The van der Waals surface area contributed by atoms with Crippen molar-refractivity contribution in [2.45, 2.75) is 13.0 Å². The number of ketones is 1. The van der Waals surface area contributed by atoms with Gasteiger partial charge in [0, 0.05) is 0 Å². The second kappa shape index (κ2) is 7.34. The zero-order valence-electron chi connectivity index (χ0n) is 15.2. The molecular weight excluding hydrogens is 418 g/mol. The van der Waals surface area contributed by atoms with Gasteiger partial charge in [0.2, 0.25) is 10.9 Å². The van der Waals surface area contributed by atoms with Crippen molar-refractivity contribution >= 4 is 39.8 Å². The summed E-state index contributed by atoms with van der Waals surface area (Å²) in [5.41, 5.74) is 1.82. The number of rotatable bonds is 5. The number of aliphatic hydroxyl groups excluding tert-OH is 1. The van der Waals surface area contributed by atoms with Crippen LogP contribution in [0, 0.1) is 6.92 Å². The highest BCUT2D eigenvalue weighted by molar-refractivity contribution is 7.13. The maximum Gasteiger partial charge on any atom is 0.296 e. The van der Waals surface area contributed by atoms with Crippen molar-refractivity contribution in [2.24, 2.45) is 0 Å². The van der Waals surface area contributed by atoms with E-state index < -0.39 is 23.5 Å². The smallest absolute Gasteiger partial charge is 0.296 e. The monoisotopic (exact) mass is 431 g/mol. The third-order valence-electron chi connectivity index (χ3n) is 4.46. The number of benzene rings is 1. The predicted molar refractivity (Wildman–Crippen MR) is 106 cm³/mol. The first kappa shape index (κ1) is 19.2. The number of methoxy groups -OCH3 is 1. The molecule has 0 fully saturated rings. The van der Waals surface area contributed by atoms with Gasteiger partial charge in [-0.15, -0.1) is 10.2 Å². The number of hydrogen-bond donors (Lipinski definition) is 1. The van der Waals surface area contributed by atoms with Crippen LogP contribution in [0.15, 0.2) is 51.6 Å². The van der Waals surface area contributed by atoms with Gasteiger partial charge in [0.25, 0.3) is 5.91 Å². The molecule has 148 valence electrons. The number of carbonyl (C=O) groups is 2. The minimum atomic E-state index is -0.961. The van der Waals surface area contributed by atoms with E-state index in [9.17, 15) is 14.7 Å². The Kier molecular flexibility index (Phi) is 4.85. The molecule has 8 nitrogen and oxygen atoms in total. The van der Waals surface area contributed by atoms with E-state index in [4.69, 9.17) is 20.8 Å². The van der Waals surface area contributed by atoms with Crippen LogP contribution in [0.5, 0.6) is 5.75 Å². The summed E-state index contributed by atoms with van der Waals surface area (Å²) >= 11 is 7.37. The fourth-order valence-corrected chi connectivity index (χ4v) is 4.01. The van der Waals surface area contributed by atoms with Gasteiger partial charge in [-0.05, 0) is 36.8 Å². The Morgan fingerprint density at radius 2 is 2.14 bits per heavy atom. The van der Waals surface area contributed by atoms with Crippen LogP contribution in [-0.2, 0) is 4.79 Å². The molecule has 2 aromatic heterocycles. The number of Topliss-reactive ketones (excluding diaryl/α,β-unsaturated/α-hetero) is 1. The summed E-state index contributed by atoms with van der Waals surface area (Å²) in [6.45, 7) is 1.69. The van der Waals surface area contributed by atoms with E-state index in [0.29, 0.717) is 22.1 Å². The average Bonchev–Trinajstić information content (AvgIpc) is 3.42. The number of nitrogens with zero attached hydrogens (tertiary/aromatic N) is 3. The maximum absolute atomic E-state index is 13.1. The third kappa shape index (κ3) is 3.18. The summed E-state index contributed by atoms with van der Waals surface area (Å²) in [7, 11) is 1.48. The quantitative estimate of drug-likeness (QED) is 0.611. The fourth-order valence-electron chi connectivity index (χ4n) is 3.16. The normalized spacial score (nSPS) is 16.6. The van der Waals surface area contributed by atoms with Gasteiger partial charge in [0.1, 0.15) is 17.0 Å². The molecule has 0 saturated heterocycles. The molecule has 10 heteroatoms. The first-order valence-electron chi connectivity index (χ1n) is 8.39. The lowest BCUT2D eigenvalue weighted by Gasteiger charge is -2.24. The van der Waals surface area contributed by atoms with Crippen molar-refractivity contribution in [3.63, 3.8) is 0 Å². The van der Waals surface area contributed by atoms with Crippen molar-refractivity contribution in [1.29, 1.82) is 0 Å². The SMILES string of the molecule is COc1ccc(C2C(C(=O)c3ccc(C)o3)=C(O)C(=O)N2c2nncs2)cc1Cl. The first-order valence-corrected chi connectivity index (χ1v) is 9.65. The second-order valence-corrected chi connectivity index (χ2v) is 7.41. The van der Waals surface area contributed by atoms with Crippen molar-refractivity contribution in [3.05, 3.63) is 69.3 Å². The molecule has 4 rings (SSSR count). The van der Waals surface area contributed by atoms with Crippen molar-refractivity contribution in [2.75, 3.05) is 12.0 Å². The van der Waals surface area contributed by atoms with E-state index in [1.807, 2.05) is 0 Å². The molecule has 0 radical (unpaired) electrons. The molecule has 29 heavy (non-hydrogen) atoms. The van der Waals surface area contributed by atoms with E-state index in [2.05, 4.69) is 10.2 Å². The number of aromatic nitrogens is 2. The molecule has 1 unspecified atom stereocenters. The maximum atomic E-state index is 13.1. The number of halogens is 1. The van der Waals surface area contributed by atoms with Gasteiger partial charge in [-0.3, -0.25) is 14.5 Å². The van der Waals surface area contributed by atoms with Gasteiger partial charge in [0.15, 0.2) is 11.5 Å². The van der Waals surface area contributed by atoms with Gasteiger partial charge < -0.3 is 14.3 Å². The molecule has 1 aliphatic rings. The largest absolute Gasteiger partial charge is 0.503 e. The molecule has 0 bridgehead atoms. The lowest BCUT2D eigenvalue weighted by molar-refractivity contribution is -0.117. The number of amides is 1. The Labute approximate surface area is 174 Å². The van der Waals surface area contributed by atoms with Crippen LogP contribution >= 0.6 is 22.9 Å². The van der Waals surface area contributed by atoms with Crippen molar-refractivity contribution < 1.29 is 23.8 Å². The van der Waals surface area contributed by atoms with E-state index in [-0.39, 0.29) is 16.5 Å². The molecule has 1 amide bonds. The second-order valence-electron chi connectivity index (χ2n) is 6.19. The van der Waals surface area contributed by atoms with Crippen molar-refractivity contribution in [1.82, 2.24) is 10.2 Å². The number of carbonyl (C=O) groups excluding carboxylic acids is 2. The molecule has 1 atom stereocenters. The van der Waals surface area contributed by atoms with Gasteiger partial charge >= 0.3 is 0 Å². The Morgan fingerprint density at radius 1 is 1.34 bits per heavy atom. The van der Waals surface area contributed by atoms with Gasteiger partial charge in [-0.25, -0.2) is 0 Å².